The zero-order valence-corrected chi connectivity index (χ0v) is 26.2. The minimum Gasteiger partial charge on any atom is -0.337 e. The molecule has 1 aromatic heterocycles. The molecule has 2 rings (SSSR count). The van der Waals surface area contributed by atoms with Crippen LogP contribution in [0.1, 0.15) is 155 Å². The molecule has 0 aliphatic rings. The first-order chi connectivity index (χ1) is 18.3. The summed E-state index contributed by atoms with van der Waals surface area (Å²) in [6.07, 6.45) is 31.8. The lowest BCUT2D eigenvalue weighted by Crippen LogP contribution is -2.16. The van der Waals surface area contributed by atoms with Gasteiger partial charge in [-0.15, -0.1) is 11.3 Å². The van der Waals surface area contributed by atoms with Crippen molar-refractivity contribution in [1.82, 2.24) is 10.3 Å². The highest BCUT2D eigenvalue weighted by atomic mass is 32.1. The van der Waals surface area contributed by atoms with Crippen LogP contribution in [0.4, 0.5) is 0 Å². The van der Waals surface area contributed by atoms with E-state index in [0.29, 0.717) is 0 Å². The van der Waals surface area contributed by atoms with Gasteiger partial charge in [0.1, 0.15) is 0 Å². The molecule has 0 saturated heterocycles. The Morgan fingerprint density at radius 1 is 0.568 bits per heavy atom. The summed E-state index contributed by atoms with van der Waals surface area (Å²) in [6.45, 7) is 7.09. The van der Waals surface area contributed by atoms with Gasteiger partial charge in [0.05, 0.1) is 10.2 Å². The van der Waals surface area contributed by atoms with Crippen molar-refractivity contribution in [2.75, 3.05) is 13.1 Å². The molecule has 0 bridgehead atoms. The molecule has 1 aromatic carbocycles. The molecule has 0 atom stereocenters. The van der Waals surface area contributed by atoms with Gasteiger partial charge >= 0.3 is 0 Å². The fourth-order valence-corrected chi connectivity index (χ4v) is 5.96. The third kappa shape index (κ3) is 21.9. The summed E-state index contributed by atoms with van der Waals surface area (Å²) in [4.78, 5) is 3.09. The van der Waals surface area contributed by atoms with Gasteiger partial charge in [0, 0.05) is 0 Å². The van der Waals surface area contributed by atoms with Crippen molar-refractivity contribution in [3.05, 3.63) is 28.2 Å². The van der Waals surface area contributed by atoms with Crippen LogP contribution in [0, 0.1) is 3.95 Å². The zero-order valence-electron chi connectivity index (χ0n) is 24.6. The molecule has 0 unspecified atom stereocenters. The summed E-state index contributed by atoms with van der Waals surface area (Å²) in [5, 5.41) is 3.65. The Bertz CT molecular complexity index is 707. The molecule has 0 amide bonds. The molecular formula is C33H60N2S2. The van der Waals surface area contributed by atoms with Gasteiger partial charge in [-0.2, -0.15) is 0 Å². The number of benzene rings is 1. The van der Waals surface area contributed by atoms with Crippen molar-refractivity contribution in [2.24, 2.45) is 0 Å². The highest BCUT2D eigenvalue weighted by Crippen LogP contribution is 2.17. The topological polar surface area (TPSA) is 27.8 Å². The number of hydrogen-bond acceptors (Lipinski definition) is 3. The average molecular weight is 549 g/mol. The third-order valence-electron chi connectivity index (χ3n) is 7.24. The van der Waals surface area contributed by atoms with E-state index in [-0.39, 0.29) is 0 Å². The van der Waals surface area contributed by atoms with Crippen molar-refractivity contribution in [1.29, 1.82) is 0 Å². The first-order valence-electron chi connectivity index (χ1n) is 16.1. The molecule has 0 spiro atoms. The van der Waals surface area contributed by atoms with Crippen LogP contribution in [0.15, 0.2) is 24.3 Å². The van der Waals surface area contributed by atoms with E-state index in [2.05, 4.69) is 30.2 Å². The molecule has 1 heterocycles. The SMILES string of the molecule is CCCCCCCCCCCCCNCCCCCCCCCCCCC.S=c1[nH]c2ccccc2s1. The number of thiazole rings is 1. The predicted molar refractivity (Wildman–Crippen MR) is 173 cm³/mol. The van der Waals surface area contributed by atoms with E-state index in [1.165, 1.54) is 159 Å². The molecule has 0 aliphatic heterocycles. The van der Waals surface area contributed by atoms with Gasteiger partial charge in [-0.05, 0) is 50.3 Å². The second kappa shape index (κ2) is 26.9. The average Bonchev–Trinajstić information content (AvgIpc) is 3.29. The normalized spacial score (nSPS) is 11.1. The quantitative estimate of drug-likeness (QED) is 0.101. The van der Waals surface area contributed by atoms with Crippen LogP contribution < -0.4 is 5.32 Å². The number of rotatable bonds is 24. The van der Waals surface area contributed by atoms with E-state index >= 15 is 0 Å². The van der Waals surface area contributed by atoms with Crippen LogP contribution in [0.25, 0.3) is 10.2 Å². The molecule has 0 radical (unpaired) electrons. The first-order valence-corrected chi connectivity index (χ1v) is 17.3. The van der Waals surface area contributed by atoms with Crippen molar-refractivity contribution >= 4 is 33.8 Å². The lowest BCUT2D eigenvalue weighted by Gasteiger charge is -2.06. The standard InChI is InChI=1S/C26H55N.C7H5NS2/c1-3-5-7-9-11-13-15-17-19-21-23-25-27-26-24-22-20-18-16-14-12-10-8-6-4-2;9-7-8-5-3-1-2-4-6(5)10-7/h27H,3-26H2,1-2H3;1-4H,(H,8,9). The molecule has 2 nitrogen and oxygen atoms in total. The highest BCUT2D eigenvalue weighted by molar-refractivity contribution is 7.73. The minimum atomic E-state index is 0.848. The molecule has 2 aromatic rings. The predicted octanol–water partition coefficient (Wildman–Crippen LogP) is 12.2. The van der Waals surface area contributed by atoms with Gasteiger partial charge < -0.3 is 10.3 Å². The number of fused-ring (bicyclic) bond motifs is 1. The Labute approximate surface area is 239 Å². The second-order valence-corrected chi connectivity index (χ2v) is 12.6. The lowest BCUT2D eigenvalue weighted by molar-refractivity contribution is 0.523. The van der Waals surface area contributed by atoms with Crippen molar-refractivity contribution in [2.45, 2.75) is 155 Å². The minimum absolute atomic E-state index is 0.848. The number of aromatic amines is 1. The number of aromatic nitrogens is 1. The number of unbranched alkanes of at least 4 members (excludes halogenated alkanes) is 20. The maximum Gasteiger partial charge on any atom is 0.159 e. The molecular weight excluding hydrogens is 489 g/mol. The third-order valence-corrected chi connectivity index (χ3v) is 8.46. The van der Waals surface area contributed by atoms with Crippen LogP contribution >= 0.6 is 23.6 Å². The monoisotopic (exact) mass is 548 g/mol. The smallest absolute Gasteiger partial charge is 0.159 e. The van der Waals surface area contributed by atoms with Crippen LogP contribution in [-0.2, 0) is 0 Å². The summed E-state index contributed by atoms with van der Waals surface area (Å²) in [5.74, 6) is 0. The molecule has 4 heteroatoms. The van der Waals surface area contributed by atoms with Gasteiger partial charge in [0.25, 0.3) is 0 Å². The van der Waals surface area contributed by atoms with E-state index in [9.17, 15) is 0 Å². The van der Waals surface area contributed by atoms with E-state index in [1.807, 2.05) is 18.2 Å². The van der Waals surface area contributed by atoms with Gasteiger partial charge in [0.2, 0.25) is 0 Å². The van der Waals surface area contributed by atoms with Gasteiger partial charge in [-0.3, -0.25) is 0 Å². The second-order valence-electron chi connectivity index (χ2n) is 10.8. The summed E-state index contributed by atoms with van der Waals surface area (Å²) >= 11 is 6.59. The van der Waals surface area contributed by atoms with Crippen LogP contribution in [0.3, 0.4) is 0 Å². The molecule has 214 valence electrons. The maximum absolute atomic E-state index is 4.98. The number of nitrogens with one attached hydrogen (secondary N) is 2. The number of H-pyrrole nitrogens is 1. The lowest BCUT2D eigenvalue weighted by atomic mass is 10.1. The Hall–Kier alpha value is -0.710. The van der Waals surface area contributed by atoms with E-state index in [0.717, 1.165) is 9.47 Å². The Morgan fingerprint density at radius 3 is 1.35 bits per heavy atom. The summed E-state index contributed by atoms with van der Waals surface area (Å²) in [7, 11) is 0. The Kier molecular flexibility index (Phi) is 24.9. The Morgan fingerprint density at radius 2 is 0.946 bits per heavy atom. The summed E-state index contributed by atoms with van der Waals surface area (Å²) < 4.78 is 2.08. The van der Waals surface area contributed by atoms with Gasteiger partial charge in [-0.1, -0.05) is 154 Å². The van der Waals surface area contributed by atoms with Gasteiger partial charge in [0.15, 0.2) is 3.95 Å². The zero-order chi connectivity index (χ0) is 26.7. The fraction of sp³-hybridized carbons (Fsp3) is 0.788. The highest BCUT2D eigenvalue weighted by Gasteiger charge is 1.95. The Balaban J connectivity index is 0.000000556. The van der Waals surface area contributed by atoms with E-state index < -0.39 is 0 Å². The summed E-state index contributed by atoms with van der Waals surface area (Å²) in [6, 6.07) is 8.11. The van der Waals surface area contributed by atoms with Crippen molar-refractivity contribution in [3.8, 4) is 0 Å². The molecule has 0 aliphatic carbocycles. The number of para-hydroxylation sites is 1. The number of hydrogen-bond donors (Lipinski definition) is 2. The largest absolute Gasteiger partial charge is 0.337 e. The molecule has 37 heavy (non-hydrogen) atoms. The van der Waals surface area contributed by atoms with Crippen molar-refractivity contribution in [3.63, 3.8) is 0 Å². The first kappa shape index (κ1) is 34.3. The molecule has 0 saturated carbocycles. The van der Waals surface area contributed by atoms with Crippen molar-refractivity contribution < 1.29 is 0 Å². The van der Waals surface area contributed by atoms with E-state index in [4.69, 9.17) is 12.2 Å². The van der Waals surface area contributed by atoms with Crippen LogP contribution in [-0.4, -0.2) is 18.1 Å². The maximum atomic E-state index is 4.98. The van der Waals surface area contributed by atoms with Crippen LogP contribution in [0.2, 0.25) is 0 Å². The van der Waals surface area contributed by atoms with E-state index in [1.54, 1.807) is 11.3 Å². The molecule has 0 fully saturated rings. The molecule has 2 N–H and O–H groups in total. The van der Waals surface area contributed by atoms with Gasteiger partial charge in [-0.25, -0.2) is 0 Å². The summed E-state index contributed by atoms with van der Waals surface area (Å²) in [5.41, 5.74) is 1.14. The van der Waals surface area contributed by atoms with Crippen LogP contribution in [0.5, 0.6) is 0 Å². The fourth-order valence-electron chi connectivity index (χ4n) is 4.85.